The topological polar surface area (TPSA) is 67.6 Å². The molecule has 110 valence electrons. The molecular formula is C15H23N3O2. The summed E-state index contributed by atoms with van der Waals surface area (Å²) in [5, 5.41) is 2.75. The summed E-state index contributed by atoms with van der Waals surface area (Å²) >= 11 is 0. The molecule has 0 saturated carbocycles. The van der Waals surface area contributed by atoms with Crippen molar-refractivity contribution in [2.75, 3.05) is 32.6 Å². The summed E-state index contributed by atoms with van der Waals surface area (Å²) in [7, 11) is 3.99. The summed E-state index contributed by atoms with van der Waals surface area (Å²) in [6, 6.07) is 6.67. The number of carbonyl (C=O) groups is 1. The van der Waals surface area contributed by atoms with Crippen LogP contribution in [0.4, 0.5) is 5.69 Å². The third-order valence-electron chi connectivity index (χ3n) is 2.69. The summed E-state index contributed by atoms with van der Waals surface area (Å²) in [5.74, 6) is 0.561. The first-order valence-corrected chi connectivity index (χ1v) is 6.58. The van der Waals surface area contributed by atoms with Gasteiger partial charge in [-0.05, 0) is 44.8 Å². The zero-order valence-electron chi connectivity index (χ0n) is 12.1. The molecule has 0 fully saturated rings. The fourth-order valence-electron chi connectivity index (χ4n) is 1.50. The number of nitrogens with one attached hydrogen (secondary N) is 1. The number of benzene rings is 1. The third kappa shape index (κ3) is 5.86. The van der Waals surface area contributed by atoms with E-state index in [-0.39, 0.29) is 5.91 Å². The molecule has 0 aliphatic heterocycles. The highest BCUT2D eigenvalue weighted by molar-refractivity contribution is 5.94. The predicted molar refractivity (Wildman–Crippen MR) is 81.9 cm³/mol. The maximum Gasteiger partial charge on any atom is 0.241 e. The second kappa shape index (κ2) is 8.35. The van der Waals surface area contributed by atoms with Crippen LogP contribution in [0, 0.1) is 0 Å². The Morgan fingerprint density at radius 2 is 2.10 bits per heavy atom. The smallest absolute Gasteiger partial charge is 0.241 e. The Labute approximate surface area is 120 Å². The number of amides is 1. The number of nitrogens with zero attached hydrogens (tertiary/aromatic N) is 1. The quantitative estimate of drug-likeness (QED) is 0.706. The second-order valence-corrected chi connectivity index (χ2v) is 4.80. The Morgan fingerprint density at radius 1 is 1.45 bits per heavy atom. The lowest BCUT2D eigenvalue weighted by Crippen LogP contribution is -2.35. The molecule has 1 aromatic rings. The average molecular weight is 277 g/mol. The minimum Gasteiger partial charge on any atom is -0.492 e. The first-order chi connectivity index (χ1) is 9.52. The standard InChI is InChI=1S/C15H23N3O2/c1-4-5-14(16)15(19)17-12-6-8-13(9-7-12)20-11-10-18(2)3/h4,6-9,14H,1,5,10-11,16H2,2-3H3,(H,17,19). The van der Waals surface area contributed by atoms with Gasteiger partial charge in [0.15, 0.2) is 0 Å². The van der Waals surface area contributed by atoms with Crippen LogP contribution in [0.2, 0.25) is 0 Å². The Bertz CT molecular complexity index is 429. The highest BCUT2D eigenvalue weighted by atomic mass is 16.5. The lowest BCUT2D eigenvalue weighted by atomic mass is 10.2. The van der Waals surface area contributed by atoms with Gasteiger partial charge in [0.1, 0.15) is 12.4 Å². The van der Waals surface area contributed by atoms with E-state index >= 15 is 0 Å². The van der Waals surface area contributed by atoms with Crippen LogP contribution in [0.5, 0.6) is 5.75 Å². The van der Waals surface area contributed by atoms with Gasteiger partial charge in [0.2, 0.25) is 5.91 Å². The van der Waals surface area contributed by atoms with E-state index in [4.69, 9.17) is 10.5 Å². The normalized spacial score (nSPS) is 12.0. The average Bonchev–Trinajstić information content (AvgIpc) is 2.40. The van der Waals surface area contributed by atoms with Crippen LogP contribution in [0.15, 0.2) is 36.9 Å². The lowest BCUT2D eigenvalue weighted by Gasteiger charge is -2.12. The molecule has 1 amide bonds. The van der Waals surface area contributed by atoms with Gasteiger partial charge in [-0.25, -0.2) is 0 Å². The van der Waals surface area contributed by atoms with Gasteiger partial charge in [0.25, 0.3) is 0 Å². The fourth-order valence-corrected chi connectivity index (χ4v) is 1.50. The predicted octanol–water partition coefficient (Wildman–Crippen LogP) is 1.47. The summed E-state index contributed by atoms with van der Waals surface area (Å²) in [5.41, 5.74) is 6.39. The number of ether oxygens (including phenoxy) is 1. The van der Waals surface area contributed by atoms with E-state index in [2.05, 4.69) is 16.8 Å². The molecule has 1 aromatic carbocycles. The third-order valence-corrected chi connectivity index (χ3v) is 2.69. The summed E-state index contributed by atoms with van der Waals surface area (Å²) in [6.07, 6.45) is 2.09. The van der Waals surface area contributed by atoms with Crippen molar-refractivity contribution in [2.24, 2.45) is 5.73 Å². The van der Waals surface area contributed by atoms with E-state index in [1.807, 2.05) is 26.2 Å². The molecule has 0 spiro atoms. The van der Waals surface area contributed by atoms with E-state index in [1.54, 1.807) is 18.2 Å². The van der Waals surface area contributed by atoms with Crippen LogP contribution in [0.25, 0.3) is 0 Å². The van der Waals surface area contributed by atoms with Gasteiger partial charge in [0.05, 0.1) is 6.04 Å². The number of likely N-dealkylation sites (N-methyl/N-ethyl adjacent to an activating group) is 1. The molecule has 0 radical (unpaired) electrons. The molecule has 20 heavy (non-hydrogen) atoms. The van der Waals surface area contributed by atoms with E-state index < -0.39 is 6.04 Å². The van der Waals surface area contributed by atoms with Gasteiger partial charge in [-0.1, -0.05) is 6.08 Å². The molecule has 1 rings (SSSR count). The van der Waals surface area contributed by atoms with Crippen molar-refractivity contribution in [1.29, 1.82) is 0 Å². The van der Waals surface area contributed by atoms with Crippen molar-refractivity contribution in [3.05, 3.63) is 36.9 Å². The molecule has 0 saturated heterocycles. The van der Waals surface area contributed by atoms with E-state index in [0.29, 0.717) is 18.7 Å². The van der Waals surface area contributed by atoms with Crippen molar-refractivity contribution in [2.45, 2.75) is 12.5 Å². The molecular weight excluding hydrogens is 254 g/mol. The summed E-state index contributed by atoms with van der Waals surface area (Å²) in [4.78, 5) is 13.8. The van der Waals surface area contributed by atoms with Gasteiger partial charge < -0.3 is 20.7 Å². The minimum atomic E-state index is -0.566. The Kier molecular flexibility index (Phi) is 6.76. The van der Waals surface area contributed by atoms with Gasteiger partial charge in [0, 0.05) is 12.2 Å². The number of rotatable bonds is 8. The molecule has 0 heterocycles. The summed E-state index contributed by atoms with van der Waals surface area (Å²) in [6.45, 7) is 5.05. The number of hydrogen-bond donors (Lipinski definition) is 2. The van der Waals surface area contributed by atoms with Crippen molar-refractivity contribution in [1.82, 2.24) is 4.90 Å². The van der Waals surface area contributed by atoms with Crippen LogP contribution in [0.1, 0.15) is 6.42 Å². The molecule has 0 aliphatic rings. The molecule has 0 aromatic heterocycles. The molecule has 5 heteroatoms. The second-order valence-electron chi connectivity index (χ2n) is 4.80. The van der Waals surface area contributed by atoms with E-state index in [0.717, 1.165) is 12.3 Å². The maximum absolute atomic E-state index is 11.7. The molecule has 1 atom stereocenters. The first kappa shape index (κ1) is 16.2. The van der Waals surface area contributed by atoms with E-state index in [9.17, 15) is 4.79 Å². The summed E-state index contributed by atoms with van der Waals surface area (Å²) < 4.78 is 5.57. The van der Waals surface area contributed by atoms with Crippen molar-refractivity contribution >= 4 is 11.6 Å². The number of carbonyl (C=O) groups excluding carboxylic acids is 1. The monoisotopic (exact) mass is 277 g/mol. The highest BCUT2D eigenvalue weighted by Crippen LogP contribution is 2.15. The van der Waals surface area contributed by atoms with Crippen LogP contribution in [-0.2, 0) is 4.79 Å². The van der Waals surface area contributed by atoms with Crippen molar-refractivity contribution < 1.29 is 9.53 Å². The van der Waals surface area contributed by atoms with Crippen LogP contribution >= 0.6 is 0 Å². The molecule has 3 N–H and O–H groups in total. The first-order valence-electron chi connectivity index (χ1n) is 6.58. The minimum absolute atomic E-state index is 0.217. The van der Waals surface area contributed by atoms with Gasteiger partial charge in [-0.3, -0.25) is 4.79 Å². The Morgan fingerprint density at radius 3 is 2.65 bits per heavy atom. The van der Waals surface area contributed by atoms with Crippen LogP contribution < -0.4 is 15.8 Å². The van der Waals surface area contributed by atoms with Crippen molar-refractivity contribution in [3.8, 4) is 5.75 Å². The van der Waals surface area contributed by atoms with Gasteiger partial charge >= 0.3 is 0 Å². The maximum atomic E-state index is 11.7. The van der Waals surface area contributed by atoms with Crippen LogP contribution in [-0.4, -0.2) is 44.1 Å². The van der Waals surface area contributed by atoms with Crippen LogP contribution in [0.3, 0.4) is 0 Å². The fraction of sp³-hybridized carbons (Fsp3) is 0.400. The van der Waals surface area contributed by atoms with E-state index in [1.165, 1.54) is 0 Å². The molecule has 5 nitrogen and oxygen atoms in total. The lowest BCUT2D eigenvalue weighted by molar-refractivity contribution is -0.117. The zero-order valence-corrected chi connectivity index (χ0v) is 12.1. The highest BCUT2D eigenvalue weighted by Gasteiger charge is 2.11. The number of nitrogens with two attached hydrogens (primary N) is 1. The van der Waals surface area contributed by atoms with Gasteiger partial charge in [-0.15, -0.1) is 6.58 Å². The molecule has 1 unspecified atom stereocenters. The molecule has 0 aliphatic carbocycles. The SMILES string of the molecule is C=CCC(N)C(=O)Nc1ccc(OCCN(C)C)cc1. The molecule has 0 bridgehead atoms. The Hall–Kier alpha value is -1.85. The Balaban J connectivity index is 2.45. The number of anilines is 1. The van der Waals surface area contributed by atoms with Gasteiger partial charge in [-0.2, -0.15) is 0 Å². The number of hydrogen-bond acceptors (Lipinski definition) is 4. The van der Waals surface area contributed by atoms with Crippen molar-refractivity contribution in [3.63, 3.8) is 0 Å². The zero-order chi connectivity index (χ0) is 15.0. The largest absolute Gasteiger partial charge is 0.492 e.